The van der Waals surface area contributed by atoms with Gasteiger partial charge in [-0.2, -0.15) is 0 Å². The van der Waals surface area contributed by atoms with Crippen LogP contribution in [0.3, 0.4) is 0 Å². The number of benzene rings is 2. The van der Waals surface area contributed by atoms with Crippen molar-refractivity contribution in [2.24, 2.45) is 0 Å². The molecule has 16 nitrogen and oxygen atoms in total. The molecule has 0 saturated carbocycles. The molecule has 0 bridgehead atoms. The molecule has 55 heavy (non-hydrogen) atoms. The van der Waals surface area contributed by atoms with Gasteiger partial charge in [-0.1, -0.05) is 36.4 Å². The first-order valence-electron chi connectivity index (χ1n) is 18.1. The Morgan fingerprint density at radius 1 is 0.636 bits per heavy atom. The summed E-state index contributed by atoms with van der Waals surface area (Å²) in [7, 11) is 1.24. The Balaban J connectivity index is 0.000000297. The van der Waals surface area contributed by atoms with E-state index in [4.69, 9.17) is 14.2 Å². The SMILES string of the molecule is COC(=O)[C@@H]1C[C@@H](NC(=O)c2ccccc2)CN1C(=O)CNC(=O)OC(C)(C)C.C[C@@H]1C[C@H](NC(=O)c2ccccc2)CN1C(=O)CNC(=O)OC(C)(C)C. The van der Waals surface area contributed by atoms with Crippen LogP contribution in [0, 0.1) is 0 Å². The second kappa shape index (κ2) is 19.6. The fourth-order valence-corrected chi connectivity index (χ4v) is 5.90. The Labute approximate surface area is 322 Å². The third-order valence-electron chi connectivity index (χ3n) is 8.30. The fourth-order valence-electron chi connectivity index (χ4n) is 5.90. The molecule has 2 aromatic rings. The van der Waals surface area contributed by atoms with Gasteiger partial charge < -0.3 is 45.3 Å². The van der Waals surface area contributed by atoms with Crippen molar-refractivity contribution in [1.82, 2.24) is 31.1 Å². The number of ether oxygens (including phenoxy) is 3. The number of likely N-dealkylation sites (tertiary alicyclic amines) is 2. The number of amides is 6. The van der Waals surface area contributed by atoms with E-state index in [1.807, 2.05) is 25.1 Å². The lowest BCUT2D eigenvalue weighted by atomic mass is 10.1. The fraction of sp³-hybridized carbons (Fsp3) is 0.513. The second-order valence-electron chi connectivity index (χ2n) is 15.2. The third kappa shape index (κ3) is 14.6. The number of carbonyl (C=O) groups excluding carboxylic acids is 7. The van der Waals surface area contributed by atoms with Crippen molar-refractivity contribution in [2.75, 3.05) is 33.3 Å². The molecule has 2 aromatic carbocycles. The van der Waals surface area contributed by atoms with E-state index in [0.717, 1.165) is 0 Å². The first kappa shape index (κ1) is 43.7. The number of hydrogen-bond donors (Lipinski definition) is 4. The molecule has 4 rings (SSSR count). The van der Waals surface area contributed by atoms with Crippen molar-refractivity contribution in [2.45, 2.75) is 96.7 Å². The Morgan fingerprint density at radius 2 is 1.04 bits per heavy atom. The second-order valence-corrected chi connectivity index (χ2v) is 15.2. The van der Waals surface area contributed by atoms with Crippen molar-refractivity contribution < 1.29 is 47.8 Å². The van der Waals surface area contributed by atoms with Crippen LogP contribution in [0.15, 0.2) is 60.7 Å². The number of alkyl carbamates (subject to hydrolysis) is 2. The van der Waals surface area contributed by atoms with Crippen LogP contribution in [-0.2, 0) is 28.6 Å². The van der Waals surface area contributed by atoms with E-state index in [9.17, 15) is 33.6 Å². The molecule has 300 valence electrons. The minimum Gasteiger partial charge on any atom is -0.467 e. The molecule has 2 fully saturated rings. The van der Waals surface area contributed by atoms with Crippen molar-refractivity contribution in [3.8, 4) is 0 Å². The van der Waals surface area contributed by atoms with Crippen LogP contribution in [0.2, 0.25) is 0 Å². The molecule has 6 amide bonds. The average molecular weight is 767 g/mol. The summed E-state index contributed by atoms with van der Waals surface area (Å²) < 4.78 is 15.0. The summed E-state index contributed by atoms with van der Waals surface area (Å²) in [6.45, 7) is 12.4. The molecule has 0 spiro atoms. The topological polar surface area (TPSA) is 202 Å². The van der Waals surface area contributed by atoms with Crippen molar-refractivity contribution >= 4 is 41.8 Å². The van der Waals surface area contributed by atoms with Crippen LogP contribution >= 0.6 is 0 Å². The molecule has 2 aliphatic heterocycles. The summed E-state index contributed by atoms with van der Waals surface area (Å²) >= 11 is 0. The number of nitrogens with one attached hydrogen (secondary N) is 4. The van der Waals surface area contributed by atoms with Crippen LogP contribution in [0.4, 0.5) is 9.59 Å². The first-order valence-corrected chi connectivity index (χ1v) is 18.1. The van der Waals surface area contributed by atoms with Crippen LogP contribution in [-0.4, -0.2) is 120 Å². The molecular formula is C39H54N6O10. The Hall–Kier alpha value is -5.67. The van der Waals surface area contributed by atoms with Gasteiger partial charge in [-0.05, 0) is 79.2 Å². The third-order valence-corrected chi connectivity index (χ3v) is 8.30. The highest BCUT2D eigenvalue weighted by Gasteiger charge is 2.41. The van der Waals surface area contributed by atoms with Crippen molar-refractivity contribution in [1.29, 1.82) is 0 Å². The summed E-state index contributed by atoms with van der Waals surface area (Å²) in [5.41, 5.74) is -0.224. The molecule has 2 aliphatic rings. The maximum atomic E-state index is 12.6. The zero-order valence-corrected chi connectivity index (χ0v) is 32.8. The molecule has 2 saturated heterocycles. The van der Waals surface area contributed by atoms with E-state index in [0.29, 0.717) is 24.1 Å². The van der Waals surface area contributed by atoms with Gasteiger partial charge in [-0.25, -0.2) is 14.4 Å². The highest BCUT2D eigenvalue weighted by molar-refractivity contribution is 5.95. The lowest BCUT2D eigenvalue weighted by Crippen LogP contribution is -2.47. The van der Waals surface area contributed by atoms with E-state index in [1.165, 1.54) is 12.0 Å². The van der Waals surface area contributed by atoms with Gasteiger partial charge in [0.05, 0.1) is 7.11 Å². The van der Waals surface area contributed by atoms with Gasteiger partial charge in [-0.15, -0.1) is 0 Å². The molecule has 16 heteroatoms. The van der Waals surface area contributed by atoms with E-state index in [1.54, 1.807) is 88.9 Å². The van der Waals surface area contributed by atoms with Gasteiger partial charge in [-0.3, -0.25) is 19.2 Å². The highest BCUT2D eigenvalue weighted by atomic mass is 16.6. The maximum Gasteiger partial charge on any atom is 0.408 e. The van der Waals surface area contributed by atoms with Crippen LogP contribution in [0.5, 0.6) is 0 Å². The molecular weight excluding hydrogens is 712 g/mol. The Kier molecular flexibility index (Phi) is 15.6. The number of methoxy groups -OCH3 is 1. The molecule has 2 heterocycles. The van der Waals surface area contributed by atoms with Gasteiger partial charge in [0, 0.05) is 48.8 Å². The molecule has 0 unspecified atom stereocenters. The first-order chi connectivity index (χ1) is 25.8. The van der Waals surface area contributed by atoms with Crippen molar-refractivity contribution in [3.63, 3.8) is 0 Å². The number of rotatable bonds is 9. The number of hydrogen-bond acceptors (Lipinski definition) is 10. The molecule has 0 aliphatic carbocycles. The monoisotopic (exact) mass is 766 g/mol. The van der Waals surface area contributed by atoms with E-state index in [2.05, 4.69) is 21.3 Å². The van der Waals surface area contributed by atoms with Crippen molar-refractivity contribution in [3.05, 3.63) is 71.8 Å². The predicted molar refractivity (Wildman–Crippen MR) is 202 cm³/mol. The van der Waals surface area contributed by atoms with E-state index >= 15 is 0 Å². The lowest BCUT2D eigenvalue weighted by Gasteiger charge is -2.23. The molecule has 4 N–H and O–H groups in total. The smallest absolute Gasteiger partial charge is 0.408 e. The summed E-state index contributed by atoms with van der Waals surface area (Å²) in [4.78, 5) is 88.1. The van der Waals surface area contributed by atoms with Crippen LogP contribution in [0.1, 0.15) is 82.0 Å². The summed E-state index contributed by atoms with van der Waals surface area (Å²) in [6.07, 6.45) is -0.444. The summed E-state index contributed by atoms with van der Waals surface area (Å²) in [5.74, 6) is -1.68. The normalized spacial score (nSPS) is 19.2. The van der Waals surface area contributed by atoms with E-state index in [-0.39, 0.29) is 55.9 Å². The zero-order chi connectivity index (χ0) is 40.9. The quantitative estimate of drug-likeness (QED) is 0.217. The highest BCUT2D eigenvalue weighted by Crippen LogP contribution is 2.21. The average Bonchev–Trinajstić information content (AvgIpc) is 3.71. The number of nitrogens with zero attached hydrogens (tertiary/aromatic N) is 2. The molecule has 0 aromatic heterocycles. The summed E-state index contributed by atoms with van der Waals surface area (Å²) in [5, 5.41) is 10.7. The minimum absolute atomic E-state index is 0.0102. The van der Waals surface area contributed by atoms with Gasteiger partial charge >= 0.3 is 18.2 Å². The van der Waals surface area contributed by atoms with Crippen LogP contribution in [0.25, 0.3) is 0 Å². The Bertz CT molecular complexity index is 1660. The Morgan fingerprint density at radius 3 is 1.45 bits per heavy atom. The predicted octanol–water partition coefficient (Wildman–Crippen LogP) is 3.01. The van der Waals surface area contributed by atoms with Gasteiger partial charge in [0.2, 0.25) is 11.8 Å². The van der Waals surface area contributed by atoms with Crippen LogP contribution < -0.4 is 21.3 Å². The zero-order valence-electron chi connectivity index (χ0n) is 32.8. The van der Waals surface area contributed by atoms with Gasteiger partial charge in [0.1, 0.15) is 30.3 Å². The molecule has 0 radical (unpaired) electrons. The number of esters is 1. The van der Waals surface area contributed by atoms with Gasteiger partial charge in [0.15, 0.2) is 0 Å². The largest absolute Gasteiger partial charge is 0.467 e. The molecule has 4 atom stereocenters. The van der Waals surface area contributed by atoms with E-state index < -0.39 is 47.3 Å². The lowest BCUT2D eigenvalue weighted by molar-refractivity contribution is -0.150. The van der Waals surface area contributed by atoms with Gasteiger partial charge in [0.25, 0.3) is 11.8 Å². The maximum absolute atomic E-state index is 12.6. The standard InChI is InChI=1S/C20H27N3O6.C19H27N3O4/c1-20(2,3)29-19(27)21-11-16(24)23-12-14(10-15(23)18(26)28-4)22-17(25)13-8-6-5-7-9-13;1-13-10-15(21-17(24)14-8-6-5-7-9-14)12-22(13)16(23)11-20-18(25)26-19(2,3)4/h5-9,14-15H,10-12H2,1-4H3,(H,21,27)(H,22,25);5-9,13,15H,10-12H2,1-4H3,(H,20,25)(H,21,24)/t14-,15+;13-,15+/m11/s1. The summed E-state index contributed by atoms with van der Waals surface area (Å²) in [6, 6.07) is 16.3. The number of carbonyl (C=O) groups is 7. The minimum atomic E-state index is -0.839.